The third-order valence-corrected chi connectivity index (χ3v) is 9.15. The second-order valence-corrected chi connectivity index (χ2v) is 13.7. The van der Waals surface area contributed by atoms with Gasteiger partial charge in [0.1, 0.15) is 18.7 Å². The largest absolute Gasteiger partial charge is 0.480 e. The van der Waals surface area contributed by atoms with E-state index in [0.29, 0.717) is 25.1 Å². The standard InChI is InChI=1S/C30H36F6N4O6/c1-28(2,3)23(39-27(45)30(34,35)36)26(44)40-11-14-19(29(14,4)5)21(40)25(43)38-17(10-13-8-9-37-24(13)42)18(41)12-46-22-16(32)7-6-15(31)20(22)33/h6-7,13-14,17,19,21,23H,8-12H2,1-5H3,(H,37,42)(H,38,43)(H,39,45)/t13?,14-,17-,19-,21-,23+/m0/s1. The van der Waals surface area contributed by atoms with Gasteiger partial charge in [-0.15, -0.1) is 0 Å². The zero-order valence-electron chi connectivity index (χ0n) is 25.8. The Morgan fingerprint density at radius 1 is 1.07 bits per heavy atom. The lowest BCUT2D eigenvalue weighted by atomic mass is 9.85. The van der Waals surface area contributed by atoms with Gasteiger partial charge in [0.05, 0.1) is 6.04 Å². The summed E-state index contributed by atoms with van der Waals surface area (Å²) in [6.45, 7) is 7.33. The Hall–Kier alpha value is -3.85. The molecular formula is C30H36F6N4O6. The molecule has 3 aliphatic rings. The van der Waals surface area contributed by atoms with Gasteiger partial charge in [-0.25, -0.2) is 8.78 Å². The molecule has 1 aliphatic carbocycles. The first-order chi connectivity index (χ1) is 21.2. The van der Waals surface area contributed by atoms with Crippen LogP contribution in [0, 0.1) is 46.0 Å². The molecule has 1 aromatic rings. The van der Waals surface area contributed by atoms with E-state index < -0.39 is 106 Å². The van der Waals surface area contributed by atoms with Gasteiger partial charge in [-0.1, -0.05) is 34.6 Å². The number of benzene rings is 1. The number of hydrogen-bond acceptors (Lipinski definition) is 6. The number of hydrogen-bond donors (Lipinski definition) is 3. The van der Waals surface area contributed by atoms with Crippen molar-refractivity contribution in [2.24, 2.45) is 28.6 Å². The van der Waals surface area contributed by atoms with E-state index in [9.17, 15) is 50.3 Å². The van der Waals surface area contributed by atoms with Crippen molar-refractivity contribution < 1.29 is 55.1 Å². The zero-order chi connectivity index (χ0) is 34.5. The fraction of sp³-hybridized carbons (Fsp3) is 0.633. The van der Waals surface area contributed by atoms with E-state index in [0.717, 1.165) is 4.90 Å². The second kappa shape index (κ2) is 12.4. The Balaban J connectivity index is 1.59. The van der Waals surface area contributed by atoms with Gasteiger partial charge >= 0.3 is 12.1 Å². The van der Waals surface area contributed by atoms with E-state index in [1.807, 2.05) is 13.8 Å². The Kier molecular flexibility index (Phi) is 9.44. The third kappa shape index (κ3) is 6.94. The molecule has 3 fully saturated rings. The normalized spacial score (nSPS) is 24.8. The minimum Gasteiger partial charge on any atom is -0.480 e. The van der Waals surface area contributed by atoms with Crippen LogP contribution in [-0.2, 0) is 24.0 Å². The van der Waals surface area contributed by atoms with Crippen LogP contribution in [-0.4, -0.2) is 78.3 Å². The first-order valence-electron chi connectivity index (χ1n) is 14.7. The Labute approximate surface area is 260 Å². The Bertz CT molecular complexity index is 1430. The molecular weight excluding hydrogens is 626 g/mol. The van der Waals surface area contributed by atoms with Crippen molar-refractivity contribution in [1.82, 2.24) is 20.9 Å². The maximum Gasteiger partial charge on any atom is 0.471 e. The van der Waals surface area contributed by atoms with Gasteiger partial charge in [0.15, 0.2) is 23.2 Å². The summed E-state index contributed by atoms with van der Waals surface area (Å²) < 4.78 is 86.3. The van der Waals surface area contributed by atoms with Crippen LogP contribution in [0.25, 0.3) is 0 Å². The van der Waals surface area contributed by atoms with Gasteiger partial charge in [0, 0.05) is 19.0 Å². The van der Waals surface area contributed by atoms with Crippen molar-refractivity contribution >= 4 is 29.4 Å². The summed E-state index contributed by atoms with van der Waals surface area (Å²) in [6.07, 6.45) is -5.20. The molecule has 0 aromatic heterocycles. The molecule has 2 aliphatic heterocycles. The van der Waals surface area contributed by atoms with Gasteiger partial charge < -0.3 is 25.6 Å². The first kappa shape index (κ1) is 35.0. The number of nitrogens with one attached hydrogen (secondary N) is 3. The number of rotatable bonds is 10. The van der Waals surface area contributed by atoms with Crippen LogP contribution in [0.1, 0.15) is 47.5 Å². The molecule has 0 spiro atoms. The minimum atomic E-state index is -5.27. The Morgan fingerprint density at radius 2 is 1.70 bits per heavy atom. The predicted molar refractivity (Wildman–Crippen MR) is 148 cm³/mol. The summed E-state index contributed by atoms with van der Waals surface area (Å²) in [4.78, 5) is 66.2. The minimum absolute atomic E-state index is 0.00602. The quantitative estimate of drug-likeness (QED) is 0.261. The van der Waals surface area contributed by atoms with Gasteiger partial charge in [-0.2, -0.15) is 17.6 Å². The molecule has 0 bridgehead atoms. The highest BCUT2D eigenvalue weighted by Crippen LogP contribution is 2.65. The molecule has 1 saturated carbocycles. The van der Waals surface area contributed by atoms with Gasteiger partial charge in [-0.3, -0.25) is 24.0 Å². The molecule has 46 heavy (non-hydrogen) atoms. The summed E-state index contributed by atoms with van der Waals surface area (Å²) in [5.41, 5.74) is -1.65. The van der Waals surface area contributed by atoms with Gasteiger partial charge in [0.2, 0.25) is 23.5 Å². The number of ketones is 1. The summed E-state index contributed by atoms with van der Waals surface area (Å²) in [5, 5.41) is 6.88. The average Bonchev–Trinajstić information content (AvgIpc) is 3.29. The highest BCUT2D eigenvalue weighted by molar-refractivity contribution is 5.97. The van der Waals surface area contributed by atoms with E-state index >= 15 is 0 Å². The first-order valence-corrected chi connectivity index (χ1v) is 14.7. The molecule has 4 rings (SSSR count). The maximum atomic E-state index is 14.1. The molecule has 16 heteroatoms. The number of likely N-dealkylation sites (tertiary alicyclic amines) is 1. The van der Waals surface area contributed by atoms with Crippen molar-refractivity contribution in [2.45, 2.75) is 71.8 Å². The van der Waals surface area contributed by atoms with Crippen molar-refractivity contribution in [1.29, 1.82) is 0 Å². The van der Waals surface area contributed by atoms with Crippen molar-refractivity contribution in [3.63, 3.8) is 0 Å². The summed E-state index contributed by atoms with van der Waals surface area (Å²) in [6, 6.07) is -3.25. The highest BCUT2D eigenvalue weighted by Gasteiger charge is 2.70. The molecule has 2 saturated heterocycles. The molecule has 0 radical (unpaired) electrons. The number of nitrogens with zero attached hydrogens (tertiary/aromatic N) is 1. The van der Waals surface area contributed by atoms with Crippen LogP contribution in [0.5, 0.6) is 5.75 Å². The molecule has 3 N–H and O–H groups in total. The number of amides is 4. The topological polar surface area (TPSA) is 134 Å². The van der Waals surface area contributed by atoms with E-state index in [1.54, 1.807) is 5.32 Å². The van der Waals surface area contributed by atoms with Crippen LogP contribution in [0.2, 0.25) is 0 Å². The van der Waals surface area contributed by atoms with Crippen molar-refractivity contribution in [3.8, 4) is 5.75 Å². The number of carbonyl (C=O) groups is 5. The zero-order valence-corrected chi connectivity index (χ0v) is 25.8. The number of Topliss-reactive ketones (excluding diaryl/α,β-unsaturated/α-hetero) is 1. The van der Waals surface area contributed by atoms with Gasteiger partial charge in [-0.05, 0) is 47.6 Å². The molecule has 6 atom stereocenters. The number of halogens is 6. The van der Waals surface area contributed by atoms with E-state index in [-0.39, 0.29) is 18.9 Å². The van der Waals surface area contributed by atoms with E-state index in [2.05, 4.69) is 10.6 Å². The van der Waals surface area contributed by atoms with E-state index in [4.69, 9.17) is 4.74 Å². The van der Waals surface area contributed by atoms with Crippen molar-refractivity contribution in [3.05, 3.63) is 29.6 Å². The van der Waals surface area contributed by atoms with Crippen LogP contribution in [0.15, 0.2) is 12.1 Å². The third-order valence-electron chi connectivity index (χ3n) is 9.15. The Morgan fingerprint density at radius 3 is 2.26 bits per heavy atom. The summed E-state index contributed by atoms with van der Waals surface area (Å²) in [7, 11) is 0. The number of fused-ring (bicyclic) bond motifs is 1. The average molecular weight is 663 g/mol. The number of ether oxygens (including phenoxy) is 1. The lowest BCUT2D eigenvalue weighted by Gasteiger charge is -2.38. The SMILES string of the molecule is CC(C)(C)[C@H](NC(=O)C(F)(F)F)C(=O)N1C[C@H]2[C@@H]([C@H]1C(=O)N[C@@H](CC1CCNC1=O)C(=O)COc1c(F)ccc(F)c1F)C2(C)C. The van der Waals surface area contributed by atoms with Crippen LogP contribution in [0.3, 0.4) is 0 Å². The van der Waals surface area contributed by atoms with Crippen LogP contribution < -0.4 is 20.7 Å². The van der Waals surface area contributed by atoms with Crippen LogP contribution in [0.4, 0.5) is 26.3 Å². The molecule has 4 amide bonds. The summed E-state index contributed by atoms with van der Waals surface area (Å²) >= 11 is 0. The molecule has 1 aromatic carbocycles. The smallest absolute Gasteiger partial charge is 0.471 e. The van der Waals surface area contributed by atoms with Crippen LogP contribution >= 0.6 is 0 Å². The summed E-state index contributed by atoms with van der Waals surface area (Å²) in [5.74, 6) is -12.3. The monoisotopic (exact) mass is 662 g/mol. The van der Waals surface area contributed by atoms with E-state index in [1.165, 1.54) is 20.8 Å². The lowest BCUT2D eigenvalue weighted by molar-refractivity contribution is -0.176. The molecule has 1 unspecified atom stereocenters. The predicted octanol–water partition coefficient (Wildman–Crippen LogP) is 2.64. The molecule has 10 nitrogen and oxygen atoms in total. The molecule has 254 valence electrons. The lowest BCUT2D eigenvalue weighted by Crippen LogP contribution is -2.61. The number of alkyl halides is 3. The number of piperidine rings is 1. The fourth-order valence-electron chi connectivity index (χ4n) is 6.41. The second-order valence-electron chi connectivity index (χ2n) is 13.7. The van der Waals surface area contributed by atoms with Crippen molar-refractivity contribution in [2.75, 3.05) is 19.7 Å². The highest BCUT2D eigenvalue weighted by atomic mass is 19.4. The fourth-order valence-corrected chi connectivity index (χ4v) is 6.41. The maximum absolute atomic E-state index is 14.1. The van der Waals surface area contributed by atoms with Gasteiger partial charge in [0.25, 0.3) is 0 Å². The molecule has 2 heterocycles. The number of carbonyl (C=O) groups excluding carboxylic acids is 5.